The predicted octanol–water partition coefficient (Wildman–Crippen LogP) is 2.35. The minimum absolute atomic E-state index is 0.258. The van der Waals surface area contributed by atoms with Crippen LogP contribution in [-0.4, -0.2) is 45.0 Å². The first-order valence-corrected chi connectivity index (χ1v) is 8.07. The lowest BCUT2D eigenvalue weighted by Gasteiger charge is -2.30. The maximum atomic E-state index is 5.91. The number of ether oxygens (including phenoxy) is 2. The van der Waals surface area contributed by atoms with Gasteiger partial charge in [0.2, 0.25) is 0 Å². The van der Waals surface area contributed by atoms with E-state index in [-0.39, 0.29) is 6.10 Å². The summed E-state index contributed by atoms with van der Waals surface area (Å²) in [5.74, 6) is 0.953. The van der Waals surface area contributed by atoms with Gasteiger partial charge in [-0.3, -0.25) is 0 Å². The summed E-state index contributed by atoms with van der Waals surface area (Å²) in [7, 11) is 0. The molecule has 2 unspecified atom stereocenters. The Morgan fingerprint density at radius 1 is 1.29 bits per heavy atom. The topological polar surface area (TPSA) is 33.7 Å². The number of hydrogen-bond donors (Lipinski definition) is 1. The Labute approximate surface area is 127 Å². The summed E-state index contributed by atoms with van der Waals surface area (Å²) in [4.78, 5) is 2.44. The van der Waals surface area contributed by atoms with Gasteiger partial charge in [0.05, 0.1) is 12.2 Å². The molecule has 2 atom stereocenters. The van der Waals surface area contributed by atoms with Crippen LogP contribution in [0.15, 0.2) is 18.2 Å². The number of anilines is 1. The van der Waals surface area contributed by atoms with Gasteiger partial charge in [-0.05, 0) is 50.5 Å². The molecule has 1 aromatic carbocycles. The van der Waals surface area contributed by atoms with Gasteiger partial charge in [-0.1, -0.05) is 0 Å². The van der Waals surface area contributed by atoms with Gasteiger partial charge in [0, 0.05) is 31.9 Å². The second-order valence-electron chi connectivity index (χ2n) is 6.14. The van der Waals surface area contributed by atoms with Crippen LogP contribution in [0.25, 0.3) is 0 Å². The maximum absolute atomic E-state index is 5.91. The molecular formula is C17H26N2O2. The smallest absolute Gasteiger partial charge is 0.119 e. The molecule has 2 heterocycles. The molecule has 3 rings (SSSR count). The van der Waals surface area contributed by atoms with Crippen LogP contribution in [-0.2, 0) is 4.74 Å². The van der Waals surface area contributed by atoms with Crippen LogP contribution in [0.1, 0.15) is 25.3 Å². The lowest BCUT2D eigenvalue weighted by atomic mass is 10.1. The minimum atomic E-state index is 0.258. The van der Waals surface area contributed by atoms with Crippen LogP contribution < -0.4 is 15.0 Å². The van der Waals surface area contributed by atoms with Gasteiger partial charge in [0.15, 0.2) is 0 Å². The third-order valence-corrected chi connectivity index (χ3v) is 4.38. The van der Waals surface area contributed by atoms with Crippen molar-refractivity contribution in [2.24, 2.45) is 0 Å². The Balaban J connectivity index is 1.58. The largest absolute Gasteiger partial charge is 0.491 e. The van der Waals surface area contributed by atoms with Crippen molar-refractivity contribution in [1.82, 2.24) is 5.32 Å². The van der Waals surface area contributed by atoms with Gasteiger partial charge in [0.1, 0.15) is 12.4 Å². The van der Waals surface area contributed by atoms with E-state index < -0.39 is 0 Å². The molecule has 0 aliphatic carbocycles. The Hall–Kier alpha value is -1.26. The molecule has 1 N–H and O–H groups in total. The van der Waals surface area contributed by atoms with Crippen LogP contribution in [0.2, 0.25) is 0 Å². The summed E-state index contributed by atoms with van der Waals surface area (Å²) < 4.78 is 11.7. The zero-order valence-electron chi connectivity index (χ0n) is 13.1. The van der Waals surface area contributed by atoms with Crippen molar-refractivity contribution in [1.29, 1.82) is 0 Å². The van der Waals surface area contributed by atoms with E-state index in [2.05, 4.69) is 42.3 Å². The molecule has 4 nitrogen and oxygen atoms in total. The number of nitrogens with zero attached hydrogens (tertiary/aromatic N) is 1. The molecule has 4 heteroatoms. The Morgan fingerprint density at radius 3 is 2.76 bits per heavy atom. The van der Waals surface area contributed by atoms with Gasteiger partial charge in [-0.15, -0.1) is 0 Å². The monoisotopic (exact) mass is 290 g/mol. The summed E-state index contributed by atoms with van der Waals surface area (Å²) in [6.07, 6.45) is 2.90. The lowest BCUT2D eigenvalue weighted by Crippen LogP contribution is -2.43. The van der Waals surface area contributed by atoms with Crippen molar-refractivity contribution >= 4 is 5.69 Å². The molecule has 1 aromatic rings. The van der Waals surface area contributed by atoms with E-state index in [1.165, 1.54) is 11.3 Å². The highest BCUT2D eigenvalue weighted by molar-refractivity contribution is 5.56. The number of piperazine rings is 1. The summed E-state index contributed by atoms with van der Waals surface area (Å²) in [6, 6.07) is 6.42. The standard InChI is InChI=1S/C17H26N2O2/c1-13-11-15(20-12-16-4-3-14(2)21-16)5-6-17(13)19-9-7-18-8-10-19/h5-6,11,14,16,18H,3-4,7-10,12H2,1-2H3. The first-order valence-electron chi connectivity index (χ1n) is 8.07. The third kappa shape index (κ3) is 3.69. The predicted molar refractivity (Wildman–Crippen MR) is 85.3 cm³/mol. The van der Waals surface area contributed by atoms with Crippen molar-refractivity contribution in [3.8, 4) is 5.75 Å². The highest BCUT2D eigenvalue weighted by atomic mass is 16.5. The lowest BCUT2D eigenvalue weighted by molar-refractivity contribution is 0.0264. The van der Waals surface area contributed by atoms with E-state index in [0.717, 1.165) is 44.8 Å². The summed E-state index contributed by atoms with van der Waals surface area (Å²) in [5.41, 5.74) is 2.62. The molecule has 21 heavy (non-hydrogen) atoms. The number of aryl methyl sites for hydroxylation is 1. The van der Waals surface area contributed by atoms with Crippen LogP contribution >= 0.6 is 0 Å². The fraction of sp³-hybridized carbons (Fsp3) is 0.647. The van der Waals surface area contributed by atoms with Crippen molar-refractivity contribution in [2.75, 3.05) is 37.7 Å². The number of rotatable bonds is 4. The summed E-state index contributed by atoms with van der Waals surface area (Å²) >= 11 is 0. The molecule has 2 aliphatic rings. The Bertz CT molecular complexity index is 472. The van der Waals surface area contributed by atoms with Crippen LogP contribution in [0.5, 0.6) is 5.75 Å². The average molecular weight is 290 g/mol. The first kappa shape index (κ1) is 14.7. The highest BCUT2D eigenvalue weighted by Crippen LogP contribution is 2.26. The Kier molecular flexibility index (Phi) is 4.66. The molecule has 2 saturated heterocycles. The van der Waals surface area contributed by atoms with Gasteiger partial charge >= 0.3 is 0 Å². The molecule has 2 fully saturated rings. The zero-order chi connectivity index (χ0) is 14.7. The SMILES string of the molecule is Cc1cc(OCC2CCC(C)O2)ccc1N1CCNCC1. The summed E-state index contributed by atoms with van der Waals surface area (Å²) in [5, 5.41) is 3.39. The molecular weight excluding hydrogens is 264 g/mol. The fourth-order valence-electron chi connectivity index (χ4n) is 3.18. The second-order valence-corrected chi connectivity index (χ2v) is 6.14. The van der Waals surface area contributed by atoms with E-state index in [1.54, 1.807) is 0 Å². The number of nitrogens with one attached hydrogen (secondary N) is 1. The quantitative estimate of drug-likeness (QED) is 0.923. The van der Waals surface area contributed by atoms with Gasteiger partial charge in [0.25, 0.3) is 0 Å². The van der Waals surface area contributed by atoms with Crippen LogP contribution in [0.3, 0.4) is 0 Å². The molecule has 2 aliphatic heterocycles. The highest BCUT2D eigenvalue weighted by Gasteiger charge is 2.22. The normalized spacial score (nSPS) is 26.1. The number of benzene rings is 1. The van der Waals surface area contributed by atoms with Gasteiger partial charge < -0.3 is 19.7 Å². The van der Waals surface area contributed by atoms with Gasteiger partial charge in [-0.25, -0.2) is 0 Å². The van der Waals surface area contributed by atoms with E-state index in [1.807, 2.05) is 0 Å². The van der Waals surface area contributed by atoms with Crippen molar-refractivity contribution in [2.45, 2.75) is 38.9 Å². The van der Waals surface area contributed by atoms with E-state index >= 15 is 0 Å². The van der Waals surface area contributed by atoms with Crippen molar-refractivity contribution in [3.05, 3.63) is 23.8 Å². The molecule has 0 aromatic heterocycles. The fourth-order valence-corrected chi connectivity index (χ4v) is 3.18. The zero-order valence-corrected chi connectivity index (χ0v) is 13.1. The molecule has 0 radical (unpaired) electrons. The molecule has 0 amide bonds. The first-order chi connectivity index (χ1) is 10.2. The molecule has 0 bridgehead atoms. The van der Waals surface area contributed by atoms with E-state index in [9.17, 15) is 0 Å². The molecule has 0 saturated carbocycles. The Morgan fingerprint density at radius 2 is 2.10 bits per heavy atom. The maximum Gasteiger partial charge on any atom is 0.119 e. The van der Waals surface area contributed by atoms with Crippen LogP contribution in [0, 0.1) is 6.92 Å². The molecule has 116 valence electrons. The van der Waals surface area contributed by atoms with E-state index in [0.29, 0.717) is 12.7 Å². The van der Waals surface area contributed by atoms with Crippen molar-refractivity contribution < 1.29 is 9.47 Å². The van der Waals surface area contributed by atoms with Crippen molar-refractivity contribution in [3.63, 3.8) is 0 Å². The summed E-state index contributed by atoms with van der Waals surface area (Å²) in [6.45, 7) is 9.25. The van der Waals surface area contributed by atoms with E-state index in [4.69, 9.17) is 9.47 Å². The minimum Gasteiger partial charge on any atom is -0.491 e. The second kappa shape index (κ2) is 6.67. The van der Waals surface area contributed by atoms with Gasteiger partial charge in [-0.2, -0.15) is 0 Å². The average Bonchev–Trinajstić information content (AvgIpc) is 2.92. The third-order valence-electron chi connectivity index (χ3n) is 4.38. The molecule has 0 spiro atoms. The van der Waals surface area contributed by atoms with Crippen LogP contribution in [0.4, 0.5) is 5.69 Å². The number of hydrogen-bond acceptors (Lipinski definition) is 4.